The van der Waals surface area contributed by atoms with Gasteiger partial charge in [-0.05, 0) is 26.8 Å². The van der Waals surface area contributed by atoms with Crippen molar-refractivity contribution in [1.82, 2.24) is 9.78 Å². The highest BCUT2D eigenvalue weighted by Crippen LogP contribution is 2.24. The number of fused-ring (bicyclic) bond motifs is 1. The van der Waals surface area contributed by atoms with Crippen molar-refractivity contribution in [1.29, 1.82) is 0 Å². The average Bonchev–Trinajstić information content (AvgIpc) is 2.89. The molecule has 1 aromatic carbocycles. The lowest BCUT2D eigenvalue weighted by Gasteiger charge is -2.22. The molecule has 1 aromatic heterocycles. The van der Waals surface area contributed by atoms with Gasteiger partial charge in [-0.25, -0.2) is 0 Å². The van der Waals surface area contributed by atoms with Gasteiger partial charge >= 0.3 is 5.97 Å². The second-order valence-electron chi connectivity index (χ2n) is 5.63. The van der Waals surface area contributed by atoms with E-state index >= 15 is 0 Å². The minimum Gasteiger partial charge on any atom is -0.466 e. The van der Waals surface area contributed by atoms with E-state index in [9.17, 15) is 4.79 Å². The number of carbonyl (C=O) groups excluding carboxylic acids is 1. The zero-order valence-corrected chi connectivity index (χ0v) is 12.9. The zero-order chi connectivity index (χ0) is 16.3. The minimum absolute atomic E-state index is 0.0230. The van der Waals surface area contributed by atoms with Crippen LogP contribution in [0.4, 0.5) is 0 Å². The first kappa shape index (κ1) is 15.8. The van der Waals surface area contributed by atoms with Crippen LogP contribution in [-0.2, 0) is 16.1 Å². The Hall–Kier alpha value is -2.57. The van der Waals surface area contributed by atoms with Crippen molar-refractivity contribution in [3.63, 3.8) is 0 Å². The SMILES string of the molecule is CCOC(=O)C(C)(C)Cn1ncc2c(/C(N)=N/O)cccc21. The van der Waals surface area contributed by atoms with Gasteiger partial charge < -0.3 is 15.7 Å². The van der Waals surface area contributed by atoms with Gasteiger partial charge in [0.25, 0.3) is 0 Å². The summed E-state index contributed by atoms with van der Waals surface area (Å²) < 4.78 is 6.82. The summed E-state index contributed by atoms with van der Waals surface area (Å²) in [6.07, 6.45) is 1.64. The Balaban J connectivity index is 2.40. The predicted octanol–water partition coefficient (Wildman–Crippen LogP) is 1.72. The highest BCUT2D eigenvalue weighted by molar-refractivity contribution is 6.08. The first-order valence-electron chi connectivity index (χ1n) is 7.00. The number of hydrogen-bond acceptors (Lipinski definition) is 5. The van der Waals surface area contributed by atoms with Crippen molar-refractivity contribution in [3.8, 4) is 0 Å². The Morgan fingerprint density at radius 2 is 2.23 bits per heavy atom. The third-order valence-corrected chi connectivity index (χ3v) is 3.44. The number of amidine groups is 1. The lowest BCUT2D eigenvalue weighted by Crippen LogP contribution is -2.31. The number of nitrogens with zero attached hydrogens (tertiary/aromatic N) is 3. The van der Waals surface area contributed by atoms with E-state index in [1.807, 2.05) is 19.9 Å². The van der Waals surface area contributed by atoms with Crippen molar-refractivity contribution in [3.05, 3.63) is 30.0 Å². The number of ether oxygens (including phenoxy) is 1. The Labute approximate surface area is 128 Å². The lowest BCUT2D eigenvalue weighted by atomic mass is 9.93. The normalized spacial score (nSPS) is 12.6. The summed E-state index contributed by atoms with van der Waals surface area (Å²) in [6, 6.07) is 5.42. The first-order chi connectivity index (χ1) is 10.4. The van der Waals surface area contributed by atoms with Crippen molar-refractivity contribution >= 4 is 22.7 Å². The van der Waals surface area contributed by atoms with E-state index in [2.05, 4.69) is 10.3 Å². The number of esters is 1. The smallest absolute Gasteiger partial charge is 0.313 e. The molecule has 0 fully saturated rings. The van der Waals surface area contributed by atoms with E-state index in [4.69, 9.17) is 15.7 Å². The van der Waals surface area contributed by atoms with Crippen LogP contribution < -0.4 is 5.73 Å². The number of benzene rings is 1. The molecule has 0 bridgehead atoms. The largest absolute Gasteiger partial charge is 0.466 e. The summed E-state index contributed by atoms with van der Waals surface area (Å²) >= 11 is 0. The standard InChI is InChI=1S/C15H20N4O3/c1-4-22-14(20)15(2,3)9-19-12-7-5-6-10(13(16)18-21)11(12)8-17-19/h5-8,21H,4,9H2,1-3H3,(H2,16,18). The Bertz CT molecular complexity index is 719. The molecule has 0 aliphatic carbocycles. The van der Waals surface area contributed by atoms with E-state index in [0.717, 1.165) is 10.9 Å². The van der Waals surface area contributed by atoms with E-state index < -0.39 is 5.41 Å². The fourth-order valence-electron chi connectivity index (χ4n) is 2.27. The summed E-state index contributed by atoms with van der Waals surface area (Å²) in [5.74, 6) is -0.249. The fourth-order valence-corrected chi connectivity index (χ4v) is 2.27. The van der Waals surface area contributed by atoms with E-state index in [1.54, 1.807) is 29.9 Å². The molecule has 0 radical (unpaired) electrons. The van der Waals surface area contributed by atoms with Crippen molar-refractivity contribution < 1.29 is 14.7 Å². The number of aromatic nitrogens is 2. The van der Waals surface area contributed by atoms with Gasteiger partial charge in [-0.15, -0.1) is 0 Å². The summed E-state index contributed by atoms with van der Waals surface area (Å²) in [5.41, 5.74) is 6.37. The van der Waals surface area contributed by atoms with Crippen LogP contribution in [0.1, 0.15) is 26.3 Å². The van der Waals surface area contributed by atoms with Crippen LogP contribution in [0.15, 0.2) is 29.6 Å². The van der Waals surface area contributed by atoms with Gasteiger partial charge in [0.1, 0.15) is 0 Å². The average molecular weight is 304 g/mol. The van der Waals surface area contributed by atoms with Gasteiger partial charge in [0.15, 0.2) is 5.84 Å². The van der Waals surface area contributed by atoms with Crippen LogP contribution in [0.5, 0.6) is 0 Å². The maximum Gasteiger partial charge on any atom is 0.313 e. The minimum atomic E-state index is -0.707. The Morgan fingerprint density at radius 3 is 2.86 bits per heavy atom. The molecule has 0 spiro atoms. The summed E-state index contributed by atoms with van der Waals surface area (Å²) in [7, 11) is 0. The summed E-state index contributed by atoms with van der Waals surface area (Å²) in [4.78, 5) is 12.0. The molecule has 0 aliphatic heterocycles. The molecule has 2 rings (SSSR count). The molecule has 22 heavy (non-hydrogen) atoms. The van der Waals surface area contributed by atoms with E-state index in [-0.39, 0.29) is 11.8 Å². The van der Waals surface area contributed by atoms with Crippen LogP contribution in [0.2, 0.25) is 0 Å². The van der Waals surface area contributed by atoms with Crippen molar-refractivity contribution in [2.45, 2.75) is 27.3 Å². The highest BCUT2D eigenvalue weighted by atomic mass is 16.5. The molecule has 0 saturated heterocycles. The topological polar surface area (TPSA) is 103 Å². The molecule has 0 atom stereocenters. The molecule has 0 unspecified atom stereocenters. The van der Waals surface area contributed by atoms with Crippen LogP contribution >= 0.6 is 0 Å². The number of nitrogens with two attached hydrogens (primary N) is 1. The van der Waals surface area contributed by atoms with E-state index in [1.165, 1.54) is 0 Å². The molecule has 7 nitrogen and oxygen atoms in total. The number of hydrogen-bond donors (Lipinski definition) is 2. The molecular formula is C15H20N4O3. The summed E-state index contributed by atoms with van der Waals surface area (Å²) in [6.45, 7) is 6.11. The van der Waals surface area contributed by atoms with Gasteiger partial charge in [0.05, 0.1) is 30.3 Å². The Morgan fingerprint density at radius 1 is 1.50 bits per heavy atom. The third-order valence-electron chi connectivity index (χ3n) is 3.44. The van der Waals surface area contributed by atoms with Gasteiger partial charge in [-0.3, -0.25) is 9.48 Å². The third kappa shape index (κ3) is 2.88. The Kier molecular flexibility index (Phi) is 4.35. The second kappa shape index (κ2) is 6.05. The van der Waals surface area contributed by atoms with Crippen LogP contribution in [-0.4, -0.2) is 33.4 Å². The molecule has 1 heterocycles. The molecule has 0 amide bonds. The quantitative estimate of drug-likeness (QED) is 0.288. The molecule has 3 N–H and O–H groups in total. The van der Waals surface area contributed by atoms with Gasteiger partial charge in [0, 0.05) is 10.9 Å². The second-order valence-corrected chi connectivity index (χ2v) is 5.63. The monoisotopic (exact) mass is 304 g/mol. The van der Waals surface area contributed by atoms with Gasteiger partial charge in [0.2, 0.25) is 0 Å². The predicted molar refractivity (Wildman–Crippen MR) is 82.7 cm³/mol. The van der Waals surface area contributed by atoms with Gasteiger partial charge in [-0.2, -0.15) is 5.10 Å². The maximum absolute atomic E-state index is 12.0. The van der Waals surface area contributed by atoms with Crippen LogP contribution in [0.3, 0.4) is 0 Å². The molecule has 118 valence electrons. The highest BCUT2D eigenvalue weighted by Gasteiger charge is 2.30. The van der Waals surface area contributed by atoms with Crippen molar-refractivity contribution in [2.24, 2.45) is 16.3 Å². The first-order valence-corrected chi connectivity index (χ1v) is 7.00. The molecule has 2 aromatic rings. The van der Waals surface area contributed by atoms with Crippen molar-refractivity contribution in [2.75, 3.05) is 6.61 Å². The summed E-state index contributed by atoms with van der Waals surface area (Å²) in [5, 5.41) is 17.0. The lowest BCUT2D eigenvalue weighted by molar-refractivity contribution is -0.154. The number of oxime groups is 1. The molecular weight excluding hydrogens is 284 g/mol. The van der Waals surface area contributed by atoms with E-state index in [0.29, 0.717) is 18.7 Å². The number of rotatable bonds is 5. The van der Waals surface area contributed by atoms with Crippen LogP contribution in [0, 0.1) is 5.41 Å². The molecule has 0 aliphatic rings. The fraction of sp³-hybridized carbons (Fsp3) is 0.400. The zero-order valence-electron chi connectivity index (χ0n) is 12.9. The van der Waals surface area contributed by atoms with Crippen LogP contribution in [0.25, 0.3) is 10.9 Å². The molecule has 0 saturated carbocycles. The maximum atomic E-state index is 12.0. The number of carbonyl (C=O) groups is 1. The van der Waals surface area contributed by atoms with Gasteiger partial charge in [-0.1, -0.05) is 17.3 Å². The molecule has 7 heteroatoms.